The van der Waals surface area contributed by atoms with Crippen LogP contribution in [0.2, 0.25) is 0 Å². The van der Waals surface area contributed by atoms with E-state index >= 15 is 0 Å². The largest absolute Gasteiger partial charge is 0.472 e. The number of phosphoric acid groups is 2. The minimum atomic E-state index is -4.98. The van der Waals surface area contributed by atoms with E-state index in [9.17, 15) is 43.2 Å². The fourth-order valence-corrected chi connectivity index (χ4v) is 10.7. The zero-order chi connectivity index (χ0) is 67.5. The van der Waals surface area contributed by atoms with E-state index in [2.05, 4.69) is 101 Å². The summed E-state index contributed by atoms with van der Waals surface area (Å²) >= 11 is 0. The molecule has 92 heavy (non-hydrogen) atoms. The lowest BCUT2D eigenvalue weighted by Gasteiger charge is -2.21. The van der Waals surface area contributed by atoms with Crippen LogP contribution in [0, 0.1) is 0 Å². The number of carbonyl (C=O) groups excluding carboxylic acids is 4. The molecular weight excluding hydrogens is 1210 g/mol. The van der Waals surface area contributed by atoms with Crippen molar-refractivity contribution in [2.75, 3.05) is 39.6 Å². The number of hydrogen-bond donors (Lipinski definition) is 3. The van der Waals surface area contributed by atoms with E-state index in [1.807, 2.05) is 18.2 Å². The zero-order valence-corrected chi connectivity index (χ0v) is 59.2. The molecule has 5 atom stereocenters. The summed E-state index contributed by atoms with van der Waals surface area (Å²) in [6.45, 7) is 4.50. The maximum Gasteiger partial charge on any atom is 0.472 e. The van der Waals surface area contributed by atoms with Crippen LogP contribution in [-0.4, -0.2) is 96.7 Å². The first kappa shape index (κ1) is 88.0. The van der Waals surface area contributed by atoms with Gasteiger partial charge in [0.15, 0.2) is 12.2 Å². The average molecular weight is 1340 g/mol. The molecule has 3 N–H and O–H groups in total. The van der Waals surface area contributed by atoms with Crippen LogP contribution in [0.4, 0.5) is 0 Å². The fraction of sp³-hybridized carbons (Fsp3) is 0.726. The Hall–Kier alpha value is -4.02. The van der Waals surface area contributed by atoms with Crippen LogP contribution in [0.15, 0.2) is 97.2 Å². The van der Waals surface area contributed by atoms with Gasteiger partial charge in [-0.2, -0.15) is 0 Å². The van der Waals surface area contributed by atoms with Crippen LogP contribution in [0.5, 0.6) is 0 Å². The fourth-order valence-electron chi connectivity index (χ4n) is 9.13. The van der Waals surface area contributed by atoms with Gasteiger partial charge in [-0.25, -0.2) is 9.13 Å². The van der Waals surface area contributed by atoms with Crippen LogP contribution in [0.1, 0.15) is 285 Å². The molecule has 0 aromatic heterocycles. The molecule has 0 aliphatic carbocycles. The van der Waals surface area contributed by atoms with Gasteiger partial charge in [-0.3, -0.25) is 37.3 Å². The third-order valence-electron chi connectivity index (χ3n) is 14.5. The number of aliphatic hydroxyl groups is 1. The van der Waals surface area contributed by atoms with Crippen molar-refractivity contribution in [3.05, 3.63) is 97.2 Å². The van der Waals surface area contributed by atoms with Crippen LogP contribution in [0.25, 0.3) is 0 Å². The smallest absolute Gasteiger partial charge is 0.462 e. The Morgan fingerprint density at radius 3 is 1.05 bits per heavy atom. The molecule has 0 amide bonds. The Labute approximate surface area is 557 Å². The monoisotopic (exact) mass is 1340 g/mol. The van der Waals surface area contributed by atoms with Crippen molar-refractivity contribution in [1.82, 2.24) is 0 Å². The summed E-state index contributed by atoms with van der Waals surface area (Å²) in [5.74, 6) is -2.34. The number of rotatable bonds is 66. The van der Waals surface area contributed by atoms with Crippen LogP contribution >= 0.6 is 15.6 Å². The van der Waals surface area contributed by atoms with Gasteiger partial charge in [0.1, 0.15) is 19.3 Å². The van der Waals surface area contributed by atoms with Gasteiger partial charge in [-0.05, 0) is 96.3 Å². The molecule has 0 saturated heterocycles. The number of esters is 4. The molecule has 0 aromatic carbocycles. The molecule has 0 aromatic rings. The molecule has 19 heteroatoms. The first-order valence-corrected chi connectivity index (χ1v) is 38.5. The Balaban J connectivity index is 5.39. The Morgan fingerprint density at radius 1 is 0.326 bits per heavy atom. The van der Waals surface area contributed by atoms with Crippen molar-refractivity contribution in [3.63, 3.8) is 0 Å². The van der Waals surface area contributed by atoms with E-state index in [0.29, 0.717) is 25.7 Å². The molecule has 5 unspecified atom stereocenters. The minimum Gasteiger partial charge on any atom is -0.462 e. The minimum absolute atomic E-state index is 0.0691. The van der Waals surface area contributed by atoms with E-state index in [1.54, 1.807) is 6.08 Å². The second-order valence-electron chi connectivity index (χ2n) is 23.5. The predicted molar refractivity (Wildman–Crippen MR) is 372 cm³/mol. The van der Waals surface area contributed by atoms with Gasteiger partial charge >= 0.3 is 39.5 Å². The molecule has 17 nitrogen and oxygen atoms in total. The predicted octanol–water partition coefficient (Wildman–Crippen LogP) is 19.7. The van der Waals surface area contributed by atoms with Gasteiger partial charge in [-0.1, -0.05) is 260 Å². The first-order valence-electron chi connectivity index (χ1n) is 35.5. The highest BCUT2D eigenvalue weighted by Crippen LogP contribution is 2.45. The number of allylic oxidation sites excluding steroid dienone is 15. The van der Waals surface area contributed by atoms with E-state index < -0.39 is 97.5 Å². The van der Waals surface area contributed by atoms with Gasteiger partial charge < -0.3 is 33.8 Å². The Bertz CT molecular complexity index is 2130. The van der Waals surface area contributed by atoms with Gasteiger partial charge in [0.05, 0.1) is 32.8 Å². The number of phosphoric ester groups is 2. The molecule has 0 heterocycles. The highest BCUT2D eigenvalue weighted by molar-refractivity contribution is 7.47. The summed E-state index contributed by atoms with van der Waals surface area (Å²) in [6.07, 6.45) is 66.0. The molecule has 0 rings (SSSR count). The molecule has 530 valence electrons. The third kappa shape index (κ3) is 64.7. The molecule has 0 bridgehead atoms. The van der Waals surface area contributed by atoms with Gasteiger partial charge in [0, 0.05) is 19.3 Å². The molecule has 0 aliphatic rings. The van der Waals surface area contributed by atoms with Crippen LogP contribution < -0.4 is 0 Å². The molecule has 0 fully saturated rings. The Morgan fingerprint density at radius 2 is 0.641 bits per heavy atom. The number of aliphatic hydroxyl groups excluding tert-OH is 1. The molecule has 0 radical (unpaired) electrons. The van der Waals surface area contributed by atoms with Gasteiger partial charge in [-0.15, -0.1) is 0 Å². The second kappa shape index (κ2) is 65.6. The molecule has 0 aliphatic heterocycles. The topological polar surface area (TPSA) is 237 Å². The maximum absolute atomic E-state index is 13.0. The average Bonchev–Trinajstić information content (AvgIpc) is 2.73. The number of hydrogen-bond acceptors (Lipinski definition) is 15. The third-order valence-corrected chi connectivity index (χ3v) is 16.4. The second-order valence-corrected chi connectivity index (χ2v) is 26.4. The SMILES string of the molecule is CC/C=C\C/C=C\C/C=C\C/C=C\C/C=C\CC(=O)OCC(COP(=O)(O)OCC(O)COP(=O)(O)OCC(COC(=O)CCCCCCC/C=C\C/C=C\CCC)OC(=O)CCCCCCC/C=C\CCCC)OC(=O)CCCCCCCCCCCCCCC. The van der Waals surface area contributed by atoms with E-state index in [1.165, 1.54) is 64.2 Å². The van der Waals surface area contributed by atoms with E-state index in [4.69, 9.17) is 37.0 Å². The Kier molecular flexibility index (Phi) is 62.8. The van der Waals surface area contributed by atoms with E-state index in [-0.39, 0.29) is 25.7 Å². The lowest BCUT2D eigenvalue weighted by molar-refractivity contribution is -0.161. The zero-order valence-electron chi connectivity index (χ0n) is 57.4. The summed E-state index contributed by atoms with van der Waals surface area (Å²) in [4.78, 5) is 72.5. The van der Waals surface area contributed by atoms with Crippen molar-refractivity contribution in [3.8, 4) is 0 Å². The molecular formula is C73H126O17P2. The quantitative estimate of drug-likeness (QED) is 0.0169. The lowest BCUT2D eigenvalue weighted by atomic mass is 10.0. The summed E-state index contributed by atoms with van der Waals surface area (Å²) in [5.41, 5.74) is 0. The van der Waals surface area contributed by atoms with Crippen molar-refractivity contribution >= 4 is 39.5 Å². The van der Waals surface area contributed by atoms with Crippen molar-refractivity contribution in [2.24, 2.45) is 0 Å². The summed E-state index contributed by atoms with van der Waals surface area (Å²) in [6, 6.07) is 0. The summed E-state index contributed by atoms with van der Waals surface area (Å²) < 4.78 is 68.1. The maximum atomic E-state index is 13.0. The highest BCUT2D eigenvalue weighted by Gasteiger charge is 2.30. The van der Waals surface area contributed by atoms with Crippen molar-refractivity contribution in [2.45, 2.75) is 303 Å². The standard InChI is InChI=1S/C73H126O17P2/c1-5-9-13-17-21-25-29-32-33-36-39-42-46-50-54-58-71(76)84-64-69(90-73(78)60-56-52-48-44-40-35-31-27-23-19-15-11-7-3)66-88-92(81,82)86-62-67(74)61-85-91(79,80)87-65-68(89-72(77)59-55-51-47-43-37-28-24-20-16-12-8-4)63-83-70(75)57-53-49-45-41-38-34-30-26-22-18-14-10-6-2/h9,13-14,18,20-21,24-26,30,32-33,39,42,50,54,67-69,74H,5-8,10-12,15-17,19,22-23,27-29,31,34-38,40-41,43-49,51-53,55-66H2,1-4H3,(H,79,80)(H,81,82)/b13-9-,18-14-,24-20-,25-21-,30-26-,33-32-,42-39-,54-50-. The normalized spacial score (nSPS) is 14.6. The van der Waals surface area contributed by atoms with Crippen LogP contribution in [0.3, 0.4) is 0 Å². The first-order chi connectivity index (χ1) is 44.7. The van der Waals surface area contributed by atoms with Crippen LogP contribution in [-0.2, 0) is 65.4 Å². The molecule has 0 saturated carbocycles. The number of carbonyl (C=O) groups is 4. The number of ether oxygens (including phenoxy) is 4. The van der Waals surface area contributed by atoms with Gasteiger partial charge in [0.25, 0.3) is 0 Å². The van der Waals surface area contributed by atoms with E-state index in [0.717, 1.165) is 141 Å². The lowest BCUT2D eigenvalue weighted by Crippen LogP contribution is -2.30. The van der Waals surface area contributed by atoms with Crippen molar-refractivity contribution < 1.29 is 80.2 Å². The molecule has 0 spiro atoms. The van der Waals surface area contributed by atoms with Crippen molar-refractivity contribution in [1.29, 1.82) is 0 Å². The summed E-state index contributed by atoms with van der Waals surface area (Å²) in [5, 5.41) is 10.6. The summed E-state index contributed by atoms with van der Waals surface area (Å²) in [7, 11) is -9.96. The highest BCUT2D eigenvalue weighted by atomic mass is 31.2. The van der Waals surface area contributed by atoms with Gasteiger partial charge in [0.2, 0.25) is 0 Å². The number of unbranched alkanes of at least 4 members (excludes halogenated alkanes) is 25.